The van der Waals surface area contributed by atoms with E-state index in [-0.39, 0.29) is 11.3 Å². The molecule has 0 spiro atoms. The molecule has 76 valence electrons. The lowest BCUT2D eigenvalue weighted by atomic mass is 10.3. The average Bonchev–Trinajstić information content (AvgIpc) is 2.74. The molecule has 0 aliphatic heterocycles. The summed E-state index contributed by atoms with van der Waals surface area (Å²) in [6.07, 6.45) is 2.45. The summed E-state index contributed by atoms with van der Waals surface area (Å²) in [4.78, 5) is 11.4. The van der Waals surface area contributed by atoms with Gasteiger partial charge in [-0.05, 0) is 12.1 Å². The van der Waals surface area contributed by atoms with Gasteiger partial charge in [0, 0.05) is 0 Å². The highest BCUT2D eigenvalue weighted by Crippen LogP contribution is 2.13. The first kappa shape index (κ1) is 9.39. The number of carbonyl (C=O) groups is 1. The fraction of sp³-hybridized carbons (Fsp3) is 0. The van der Waals surface area contributed by atoms with Crippen LogP contribution in [0.2, 0.25) is 0 Å². The Hall–Kier alpha value is -2.17. The van der Waals surface area contributed by atoms with Crippen LogP contribution < -0.4 is 5.32 Å². The van der Waals surface area contributed by atoms with Crippen LogP contribution in [0.5, 0.6) is 0 Å². The summed E-state index contributed by atoms with van der Waals surface area (Å²) in [5, 5.41) is 5.78. The van der Waals surface area contributed by atoms with E-state index in [0.29, 0.717) is 0 Å². The highest BCUT2D eigenvalue weighted by molar-refractivity contribution is 6.03. The maximum absolute atomic E-state index is 13.1. The van der Waals surface area contributed by atoms with Gasteiger partial charge in [-0.2, -0.15) is 0 Å². The van der Waals surface area contributed by atoms with E-state index in [4.69, 9.17) is 0 Å². The van der Waals surface area contributed by atoms with Crippen LogP contribution >= 0.6 is 0 Å². The van der Waals surface area contributed by atoms with Crippen molar-refractivity contribution >= 4 is 11.6 Å². The van der Waals surface area contributed by atoms with Crippen LogP contribution in [-0.2, 0) is 0 Å². The number of anilines is 1. The number of para-hydroxylation sites is 1. The number of halogens is 1. The van der Waals surface area contributed by atoms with Gasteiger partial charge in [-0.25, -0.2) is 4.39 Å². The molecular weight excluding hydrogens is 199 g/mol. The molecule has 0 aliphatic rings. The van der Waals surface area contributed by atoms with Gasteiger partial charge >= 0.3 is 0 Å². The molecule has 1 amide bonds. The maximum Gasteiger partial charge on any atom is 0.260 e. The Kier molecular flexibility index (Phi) is 2.45. The zero-order valence-electron chi connectivity index (χ0n) is 7.61. The van der Waals surface area contributed by atoms with Crippen molar-refractivity contribution in [2.24, 2.45) is 0 Å². The fourth-order valence-electron chi connectivity index (χ4n) is 1.07. The number of hydrogen-bond acceptors (Lipinski definition) is 3. The number of carbonyl (C=O) groups excluding carboxylic acids is 1. The van der Waals surface area contributed by atoms with Gasteiger partial charge in [0.2, 0.25) is 0 Å². The summed E-state index contributed by atoms with van der Waals surface area (Å²) in [6.45, 7) is 0. The predicted octanol–water partition coefficient (Wildman–Crippen LogP) is 2.07. The first-order chi connectivity index (χ1) is 7.27. The smallest absolute Gasteiger partial charge is 0.260 e. The lowest BCUT2D eigenvalue weighted by molar-refractivity contribution is 0.102. The van der Waals surface area contributed by atoms with Crippen molar-refractivity contribution in [3.8, 4) is 0 Å². The molecule has 2 rings (SSSR count). The van der Waals surface area contributed by atoms with Crippen LogP contribution in [0.4, 0.5) is 10.1 Å². The second-order valence-corrected chi connectivity index (χ2v) is 2.85. The summed E-state index contributed by atoms with van der Waals surface area (Å²) < 4.78 is 17.6. The molecule has 0 saturated heterocycles. The van der Waals surface area contributed by atoms with Crippen LogP contribution in [0.25, 0.3) is 0 Å². The monoisotopic (exact) mass is 206 g/mol. The van der Waals surface area contributed by atoms with Crippen molar-refractivity contribution in [3.63, 3.8) is 0 Å². The van der Waals surface area contributed by atoms with Crippen molar-refractivity contribution < 1.29 is 13.7 Å². The van der Waals surface area contributed by atoms with Crippen molar-refractivity contribution in [2.45, 2.75) is 0 Å². The van der Waals surface area contributed by atoms with Crippen LogP contribution in [0, 0.1) is 5.82 Å². The second-order valence-electron chi connectivity index (χ2n) is 2.85. The molecule has 0 saturated carbocycles. The lowest BCUT2D eigenvalue weighted by Crippen LogP contribution is -2.11. The number of hydrogen-bond donors (Lipinski definition) is 1. The number of amides is 1. The number of rotatable bonds is 2. The van der Waals surface area contributed by atoms with E-state index in [1.165, 1.54) is 24.6 Å². The lowest BCUT2D eigenvalue weighted by Gasteiger charge is -2.03. The molecular formula is C10H7FN2O2. The number of aromatic nitrogens is 1. The largest absolute Gasteiger partial charge is 0.364 e. The van der Waals surface area contributed by atoms with Crippen molar-refractivity contribution in [1.29, 1.82) is 0 Å². The number of nitrogens with zero attached hydrogens (tertiary/aromatic N) is 1. The zero-order valence-corrected chi connectivity index (χ0v) is 7.61. The van der Waals surface area contributed by atoms with Crippen molar-refractivity contribution in [2.75, 3.05) is 5.32 Å². The summed E-state index contributed by atoms with van der Waals surface area (Å²) in [5.41, 5.74) is 0.377. The predicted molar refractivity (Wildman–Crippen MR) is 50.9 cm³/mol. The van der Waals surface area contributed by atoms with E-state index in [2.05, 4.69) is 15.0 Å². The van der Waals surface area contributed by atoms with E-state index in [1.807, 2.05) is 0 Å². The highest BCUT2D eigenvalue weighted by Gasteiger charge is 2.09. The molecule has 1 heterocycles. The van der Waals surface area contributed by atoms with Crippen molar-refractivity contribution in [1.82, 2.24) is 5.16 Å². The minimum absolute atomic E-state index is 0.128. The molecule has 0 fully saturated rings. The van der Waals surface area contributed by atoms with Gasteiger partial charge in [0.25, 0.3) is 5.91 Å². The first-order valence-electron chi connectivity index (χ1n) is 4.22. The number of benzene rings is 1. The zero-order chi connectivity index (χ0) is 10.7. The molecule has 0 aliphatic carbocycles. The molecule has 1 N–H and O–H groups in total. The second kappa shape index (κ2) is 3.91. The Morgan fingerprint density at radius 3 is 2.87 bits per heavy atom. The van der Waals surface area contributed by atoms with E-state index in [0.717, 1.165) is 0 Å². The number of nitrogens with one attached hydrogen (secondary N) is 1. The van der Waals surface area contributed by atoms with Gasteiger partial charge in [-0.15, -0.1) is 0 Å². The SMILES string of the molecule is O=C(Nc1ccccc1F)c1cnoc1. The van der Waals surface area contributed by atoms with Gasteiger partial charge in [0.15, 0.2) is 0 Å². The topological polar surface area (TPSA) is 55.1 Å². The third-order valence-electron chi connectivity index (χ3n) is 1.82. The third-order valence-corrected chi connectivity index (χ3v) is 1.82. The normalized spacial score (nSPS) is 9.93. The van der Waals surface area contributed by atoms with E-state index < -0.39 is 11.7 Å². The van der Waals surface area contributed by atoms with Crippen LogP contribution in [0.1, 0.15) is 10.4 Å². The Bertz CT molecular complexity index is 468. The maximum atomic E-state index is 13.1. The molecule has 1 aromatic heterocycles. The minimum atomic E-state index is -0.484. The van der Waals surface area contributed by atoms with Crippen LogP contribution in [0.15, 0.2) is 41.2 Å². The molecule has 0 atom stereocenters. The van der Waals surface area contributed by atoms with Gasteiger partial charge in [0.1, 0.15) is 12.1 Å². The summed E-state index contributed by atoms with van der Waals surface area (Å²) in [6, 6.07) is 5.92. The summed E-state index contributed by atoms with van der Waals surface area (Å²) >= 11 is 0. The Balaban J connectivity index is 2.17. The standard InChI is InChI=1S/C10H7FN2O2/c11-8-3-1-2-4-9(8)13-10(14)7-5-12-15-6-7/h1-6H,(H,13,14). The van der Waals surface area contributed by atoms with E-state index in [9.17, 15) is 9.18 Å². The fourth-order valence-corrected chi connectivity index (χ4v) is 1.07. The molecule has 0 radical (unpaired) electrons. The van der Waals surface area contributed by atoms with E-state index in [1.54, 1.807) is 12.1 Å². The molecule has 0 bridgehead atoms. The third kappa shape index (κ3) is 2.01. The Morgan fingerprint density at radius 2 is 2.20 bits per heavy atom. The molecule has 5 heteroatoms. The Labute approximate surface area is 84.7 Å². The molecule has 15 heavy (non-hydrogen) atoms. The van der Waals surface area contributed by atoms with Gasteiger partial charge in [-0.1, -0.05) is 17.3 Å². The quantitative estimate of drug-likeness (QED) is 0.818. The average molecular weight is 206 g/mol. The molecule has 4 nitrogen and oxygen atoms in total. The van der Waals surface area contributed by atoms with Crippen LogP contribution in [-0.4, -0.2) is 11.1 Å². The van der Waals surface area contributed by atoms with Gasteiger partial charge in [0.05, 0.1) is 17.4 Å². The minimum Gasteiger partial charge on any atom is -0.364 e. The molecule has 2 aromatic rings. The Morgan fingerprint density at radius 1 is 1.40 bits per heavy atom. The summed E-state index contributed by atoms with van der Waals surface area (Å²) in [5.74, 6) is -0.941. The highest BCUT2D eigenvalue weighted by atomic mass is 19.1. The molecule has 0 unspecified atom stereocenters. The van der Waals surface area contributed by atoms with E-state index >= 15 is 0 Å². The van der Waals surface area contributed by atoms with Gasteiger partial charge in [-0.3, -0.25) is 4.79 Å². The van der Waals surface area contributed by atoms with Crippen molar-refractivity contribution in [3.05, 3.63) is 48.1 Å². The van der Waals surface area contributed by atoms with Gasteiger partial charge < -0.3 is 9.84 Å². The molecule has 1 aromatic carbocycles. The first-order valence-corrected chi connectivity index (χ1v) is 4.22. The summed E-state index contributed by atoms with van der Waals surface area (Å²) in [7, 11) is 0. The van der Waals surface area contributed by atoms with Crippen LogP contribution in [0.3, 0.4) is 0 Å².